The lowest BCUT2D eigenvalue weighted by Gasteiger charge is -2.14. The summed E-state index contributed by atoms with van der Waals surface area (Å²) >= 11 is 1.68. The predicted octanol–water partition coefficient (Wildman–Crippen LogP) is 6.57. The molecule has 1 N–H and O–H groups in total. The Hall–Kier alpha value is -3.90. The molecule has 5 nitrogen and oxygen atoms in total. The van der Waals surface area contributed by atoms with Crippen LogP contribution in [0.4, 0.5) is 0 Å². The molecule has 0 aliphatic heterocycles. The molecule has 5 aromatic rings. The fraction of sp³-hybridized carbons (Fsp3) is 0.167. The number of imidazole rings is 1. The van der Waals surface area contributed by atoms with E-state index in [1.54, 1.807) is 11.8 Å². The molecule has 0 radical (unpaired) electrons. The van der Waals surface area contributed by atoms with Gasteiger partial charge in [0.15, 0.2) is 10.8 Å². The van der Waals surface area contributed by atoms with Gasteiger partial charge in [0.1, 0.15) is 5.52 Å². The fourth-order valence-corrected chi connectivity index (χ4v) is 5.03. The minimum Gasteiger partial charge on any atom is -0.346 e. The van der Waals surface area contributed by atoms with Gasteiger partial charge in [-0.05, 0) is 54.8 Å². The number of hydrogen-bond donors (Lipinski definition) is 1. The van der Waals surface area contributed by atoms with E-state index in [1.165, 1.54) is 11.1 Å². The lowest BCUT2D eigenvalue weighted by molar-refractivity contribution is 0.0940. The van der Waals surface area contributed by atoms with Crippen molar-refractivity contribution >= 4 is 28.8 Å². The molecule has 0 unspecified atom stereocenters. The third-order valence-corrected chi connectivity index (χ3v) is 7.21. The molecule has 5 rings (SSSR count). The summed E-state index contributed by atoms with van der Waals surface area (Å²) in [6, 6.07) is 30.2. The van der Waals surface area contributed by atoms with E-state index < -0.39 is 0 Å². The number of thioether (sulfide) groups is 1. The van der Waals surface area contributed by atoms with Crippen molar-refractivity contribution in [2.24, 2.45) is 0 Å². The summed E-state index contributed by atoms with van der Waals surface area (Å²) < 4.78 is 2.18. The number of aromatic nitrogens is 3. The highest BCUT2D eigenvalue weighted by atomic mass is 32.2. The molecule has 180 valence electrons. The smallest absolute Gasteiger partial charge is 0.251 e. The monoisotopic (exact) mass is 492 g/mol. The molecular formula is C30H28N4OS. The Kier molecular flexibility index (Phi) is 7.14. The van der Waals surface area contributed by atoms with E-state index in [2.05, 4.69) is 46.1 Å². The molecule has 0 spiro atoms. The van der Waals surface area contributed by atoms with E-state index in [1.807, 2.05) is 79.9 Å². The van der Waals surface area contributed by atoms with Crippen LogP contribution < -0.4 is 5.32 Å². The number of hydrogen-bond acceptors (Lipinski definition) is 4. The van der Waals surface area contributed by atoms with Gasteiger partial charge in [0, 0.05) is 17.5 Å². The zero-order chi connectivity index (χ0) is 24.9. The number of aryl methyl sites for hydroxylation is 1. The lowest BCUT2D eigenvalue weighted by Crippen LogP contribution is -2.26. The topological polar surface area (TPSA) is 59.8 Å². The van der Waals surface area contributed by atoms with Crippen molar-refractivity contribution in [3.05, 3.63) is 125 Å². The number of carbonyl (C=O) groups is 1. The van der Waals surface area contributed by atoms with E-state index >= 15 is 0 Å². The second-order valence-corrected chi connectivity index (χ2v) is 9.85. The number of benzene rings is 3. The predicted molar refractivity (Wildman–Crippen MR) is 146 cm³/mol. The maximum atomic E-state index is 12.7. The Morgan fingerprint density at radius 2 is 1.64 bits per heavy atom. The van der Waals surface area contributed by atoms with E-state index in [4.69, 9.17) is 4.98 Å². The van der Waals surface area contributed by atoms with Crippen molar-refractivity contribution in [3.63, 3.8) is 0 Å². The van der Waals surface area contributed by atoms with Crippen molar-refractivity contribution in [2.75, 3.05) is 0 Å². The number of nitrogens with zero attached hydrogens (tertiary/aromatic N) is 3. The molecule has 2 aromatic heterocycles. The number of fused-ring (bicyclic) bond motifs is 1. The van der Waals surface area contributed by atoms with E-state index in [9.17, 15) is 4.79 Å². The van der Waals surface area contributed by atoms with Crippen LogP contribution in [-0.4, -0.2) is 20.4 Å². The summed E-state index contributed by atoms with van der Waals surface area (Å²) in [5.74, 6) is 0.677. The zero-order valence-electron chi connectivity index (χ0n) is 20.4. The molecule has 1 amide bonds. The number of rotatable bonds is 8. The molecule has 0 aliphatic carbocycles. The summed E-state index contributed by atoms with van der Waals surface area (Å²) in [5.41, 5.74) is 7.12. The zero-order valence-corrected chi connectivity index (χ0v) is 21.2. The van der Waals surface area contributed by atoms with Crippen LogP contribution in [-0.2, 0) is 12.3 Å². The number of amides is 1. The standard InChI is InChI=1S/C30H28N4OS/c1-21-10-12-23(13-11-21)19-34-28-27(9-6-18-31-28)33-30(34)36-20-24-14-16-26(17-15-24)29(35)32-22(2)25-7-4-3-5-8-25/h3-18,22H,19-20H2,1-2H3,(H,32,35)/t22-/m1/s1. The number of carbonyl (C=O) groups excluding carboxylic acids is 1. The van der Waals surface area contributed by atoms with Gasteiger partial charge in [-0.2, -0.15) is 0 Å². The van der Waals surface area contributed by atoms with Crippen LogP contribution in [0.1, 0.15) is 45.6 Å². The van der Waals surface area contributed by atoms with Gasteiger partial charge in [0.05, 0.1) is 12.6 Å². The van der Waals surface area contributed by atoms with Gasteiger partial charge in [-0.25, -0.2) is 9.97 Å². The Balaban J connectivity index is 1.27. The molecule has 1 atom stereocenters. The van der Waals surface area contributed by atoms with Crippen LogP contribution in [0.3, 0.4) is 0 Å². The molecule has 0 fully saturated rings. The average Bonchev–Trinajstić information content (AvgIpc) is 3.26. The van der Waals surface area contributed by atoms with Gasteiger partial charge < -0.3 is 5.32 Å². The third kappa shape index (κ3) is 5.50. The first-order valence-corrected chi connectivity index (χ1v) is 13.0. The van der Waals surface area contributed by atoms with Crippen molar-refractivity contribution in [3.8, 4) is 0 Å². The maximum absolute atomic E-state index is 12.7. The van der Waals surface area contributed by atoms with Crippen LogP contribution in [0.25, 0.3) is 11.2 Å². The second kappa shape index (κ2) is 10.8. The van der Waals surface area contributed by atoms with Gasteiger partial charge in [-0.3, -0.25) is 9.36 Å². The van der Waals surface area contributed by atoms with Gasteiger partial charge in [-0.1, -0.05) is 84.1 Å². The Labute approximate surface area is 215 Å². The van der Waals surface area contributed by atoms with Crippen LogP contribution in [0, 0.1) is 6.92 Å². The molecule has 6 heteroatoms. The molecule has 0 saturated carbocycles. The second-order valence-electron chi connectivity index (χ2n) is 8.90. The summed E-state index contributed by atoms with van der Waals surface area (Å²) in [6.45, 7) is 4.81. The minimum atomic E-state index is -0.0727. The average molecular weight is 493 g/mol. The van der Waals surface area contributed by atoms with E-state index in [0.717, 1.165) is 39.7 Å². The molecule has 36 heavy (non-hydrogen) atoms. The number of pyridine rings is 1. The first-order chi connectivity index (χ1) is 17.6. The van der Waals surface area contributed by atoms with Crippen LogP contribution in [0.5, 0.6) is 0 Å². The Morgan fingerprint density at radius 3 is 2.39 bits per heavy atom. The first-order valence-electron chi connectivity index (χ1n) is 12.0. The van der Waals surface area contributed by atoms with Gasteiger partial charge in [0.2, 0.25) is 0 Å². The van der Waals surface area contributed by atoms with Crippen molar-refractivity contribution in [2.45, 2.75) is 37.3 Å². The summed E-state index contributed by atoms with van der Waals surface area (Å²) in [5, 5.41) is 4.01. The first kappa shape index (κ1) is 23.8. The highest BCUT2D eigenvalue weighted by Gasteiger charge is 2.14. The van der Waals surface area contributed by atoms with Gasteiger partial charge in [-0.15, -0.1) is 0 Å². The highest BCUT2D eigenvalue weighted by Crippen LogP contribution is 2.27. The van der Waals surface area contributed by atoms with Crippen LogP contribution >= 0.6 is 11.8 Å². The summed E-state index contributed by atoms with van der Waals surface area (Å²) in [6.07, 6.45) is 1.81. The SMILES string of the molecule is Cc1ccc(Cn2c(SCc3ccc(C(=O)N[C@H](C)c4ccccc4)cc3)nc3cccnc32)cc1. The Morgan fingerprint density at radius 1 is 0.917 bits per heavy atom. The maximum Gasteiger partial charge on any atom is 0.251 e. The normalized spacial score (nSPS) is 11.9. The molecular weight excluding hydrogens is 464 g/mol. The summed E-state index contributed by atoms with van der Waals surface area (Å²) in [4.78, 5) is 22.2. The van der Waals surface area contributed by atoms with Gasteiger partial charge in [0.25, 0.3) is 5.91 Å². The summed E-state index contributed by atoms with van der Waals surface area (Å²) in [7, 11) is 0. The third-order valence-electron chi connectivity index (χ3n) is 6.16. The fourth-order valence-electron chi connectivity index (χ4n) is 4.07. The Bertz CT molecular complexity index is 1460. The molecule has 3 aromatic carbocycles. The van der Waals surface area contributed by atoms with E-state index in [0.29, 0.717) is 5.56 Å². The van der Waals surface area contributed by atoms with Crippen molar-refractivity contribution in [1.82, 2.24) is 19.9 Å². The molecule has 0 bridgehead atoms. The van der Waals surface area contributed by atoms with Gasteiger partial charge >= 0.3 is 0 Å². The van der Waals surface area contributed by atoms with E-state index in [-0.39, 0.29) is 11.9 Å². The highest BCUT2D eigenvalue weighted by molar-refractivity contribution is 7.98. The van der Waals surface area contributed by atoms with Crippen molar-refractivity contribution < 1.29 is 4.79 Å². The molecule has 0 saturated heterocycles. The van der Waals surface area contributed by atoms with Crippen LogP contribution in [0.15, 0.2) is 102 Å². The minimum absolute atomic E-state index is 0.0518. The van der Waals surface area contributed by atoms with Crippen molar-refractivity contribution in [1.29, 1.82) is 0 Å². The lowest BCUT2D eigenvalue weighted by atomic mass is 10.1. The quantitative estimate of drug-likeness (QED) is 0.249. The van der Waals surface area contributed by atoms with Crippen LogP contribution in [0.2, 0.25) is 0 Å². The largest absolute Gasteiger partial charge is 0.346 e. The molecule has 0 aliphatic rings. The number of nitrogens with one attached hydrogen (secondary N) is 1. The molecule has 2 heterocycles.